The molecule has 3 saturated carbocycles. The Hall–Kier alpha value is -0.0800. The smallest absolute Gasteiger partial charge is 0.0308 e. The van der Waals surface area contributed by atoms with Crippen molar-refractivity contribution in [3.63, 3.8) is 0 Å². The number of rotatable bonds is 1. The van der Waals surface area contributed by atoms with Gasteiger partial charge in [0.1, 0.15) is 0 Å². The van der Waals surface area contributed by atoms with Crippen LogP contribution in [0.2, 0.25) is 0 Å². The van der Waals surface area contributed by atoms with E-state index >= 15 is 0 Å². The Kier molecular flexibility index (Phi) is 3.25. The van der Waals surface area contributed by atoms with E-state index in [9.17, 15) is 0 Å². The summed E-state index contributed by atoms with van der Waals surface area (Å²) in [6, 6.07) is 0.820. The lowest BCUT2D eigenvalue weighted by atomic mass is 9.67. The van der Waals surface area contributed by atoms with Crippen LogP contribution in [0.4, 0.5) is 0 Å². The average molecular weight is 290 g/mol. The molecule has 0 aromatic carbocycles. The fraction of sp³-hybridized carbons (Fsp3) is 1.00. The molecule has 1 N–H and O–H groups in total. The van der Waals surface area contributed by atoms with E-state index in [0.717, 1.165) is 12.0 Å². The molecule has 3 aliphatic carbocycles. The minimum Gasteiger partial charge on any atom is -0.310 e. The van der Waals surface area contributed by atoms with Crippen LogP contribution in [0, 0.1) is 16.7 Å². The number of nitrogens with one attached hydrogen (secondary N) is 1. The second-order valence-corrected chi connectivity index (χ2v) is 9.56. The quantitative estimate of drug-likeness (QED) is 0.790. The van der Waals surface area contributed by atoms with Crippen molar-refractivity contribution in [2.45, 2.75) is 83.7 Å². The number of fused-ring (bicyclic) bond motifs is 2. The highest BCUT2D eigenvalue weighted by molar-refractivity contribution is 5.14. The molecule has 1 spiro atoms. The third-order valence-corrected chi connectivity index (χ3v) is 7.75. The van der Waals surface area contributed by atoms with Crippen molar-refractivity contribution >= 4 is 0 Å². The third-order valence-electron chi connectivity index (χ3n) is 7.75. The monoisotopic (exact) mass is 290 g/mol. The van der Waals surface area contributed by atoms with Gasteiger partial charge in [0.2, 0.25) is 0 Å². The largest absolute Gasteiger partial charge is 0.310 e. The van der Waals surface area contributed by atoms with Crippen molar-refractivity contribution in [2.75, 3.05) is 19.6 Å². The van der Waals surface area contributed by atoms with Gasteiger partial charge in [0.15, 0.2) is 0 Å². The van der Waals surface area contributed by atoms with Crippen LogP contribution in [0.3, 0.4) is 0 Å². The van der Waals surface area contributed by atoms with E-state index in [2.05, 4.69) is 31.0 Å². The summed E-state index contributed by atoms with van der Waals surface area (Å²) < 4.78 is 0. The summed E-state index contributed by atoms with van der Waals surface area (Å²) in [4.78, 5) is 2.95. The van der Waals surface area contributed by atoms with Crippen molar-refractivity contribution in [2.24, 2.45) is 16.7 Å². The molecule has 1 heterocycles. The van der Waals surface area contributed by atoms with Crippen LogP contribution in [0.15, 0.2) is 0 Å². The van der Waals surface area contributed by atoms with Crippen molar-refractivity contribution in [3.05, 3.63) is 0 Å². The zero-order valence-electron chi connectivity index (χ0n) is 14.4. The Bertz CT molecular complexity index is 405. The van der Waals surface area contributed by atoms with E-state index in [0.29, 0.717) is 16.4 Å². The fourth-order valence-electron chi connectivity index (χ4n) is 6.95. The van der Waals surface area contributed by atoms with Gasteiger partial charge in [-0.3, -0.25) is 4.90 Å². The van der Waals surface area contributed by atoms with Gasteiger partial charge >= 0.3 is 0 Å². The van der Waals surface area contributed by atoms with Crippen molar-refractivity contribution < 1.29 is 0 Å². The molecule has 120 valence electrons. The maximum Gasteiger partial charge on any atom is 0.0308 e. The molecule has 4 fully saturated rings. The maximum atomic E-state index is 3.95. The maximum absolute atomic E-state index is 3.95. The second kappa shape index (κ2) is 4.71. The van der Waals surface area contributed by atoms with Gasteiger partial charge in [0.05, 0.1) is 0 Å². The zero-order valence-corrected chi connectivity index (χ0v) is 14.4. The van der Waals surface area contributed by atoms with Gasteiger partial charge in [-0.25, -0.2) is 0 Å². The summed E-state index contributed by atoms with van der Waals surface area (Å²) in [6.07, 6.45) is 11.5. The number of nitrogens with zero attached hydrogens (tertiary/aromatic N) is 1. The summed E-state index contributed by atoms with van der Waals surface area (Å²) in [5.74, 6) is 0.975. The molecule has 21 heavy (non-hydrogen) atoms. The van der Waals surface area contributed by atoms with Crippen molar-refractivity contribution in [1.82, 2.24) is 10.2 Å². The van der Waals surface area contributed by atoms with Gasteiger partial charge in [-0.15, -0.1) is 0 Å². The molecule has 4 aliphatic rings. The molecule has 0 radical (unpaired) electrons. The summed E-state index contributed by atoms with van der Waals surface area (Å²) in [7, 11) is 0. The highest BCUT2D eigenvalue weighted by atomic mass is 15.2. The summed E-state index contributed by atoms with van der Waals surface area (Å²) in [5, 5.41) is 3.95. The minimum atomic E-state index is 0.463. The molecule has 1 saturated heterocycles. The Labute approximate surface area is 131 Å². The van der Waals surface area contributed by atoms with E-state index in [1.54, 1.807) is 0 Å². The first kappa shape index (κ1) is 14.5. The molecular formula is C19H34N2. The lowest BCUT2D eigenvalue weighted by molar-refractivity contribution is -0.00532. The third kappa shape index (κ3) is 2.12. The lowest BCUT2D eigenvalue weighted by Crippen LogP contribution is -2.58. The number of hydrogen-bond acceptors (Lipinski definition) is 2. The second-order valence-electron chi connectivity index (χ2n) is 9.56. The molecule has 0 aromatic rings. The predicted octanol–water partition coefficient (Wildman–Crippen LogP) is 3.81. The van der Waals surface area contributed by atoms with Crippen molar-refractivity contribution in [3.8, 4) is 0 Å². The van der Waals surface area contributed by atoms with Crippen LogP contribution in [0.25, 0.3) is 0 Å². The number of hydrogen-bond donors (Lipinski definition) is 1. The molecule has 2 nitrogen and oxygen atoms in total. The summed E-state index contributed by atoms with van der Waals surface area (Å²) in [6.45, 7) is 11.6. The Morgan fingerprint density at radius 2 is 1.76 bits per heavy atom. The fourth-order valence-corrected chi connectivity index (χ4v) is 6.95. The van der Waals surface area contributed by atoms with Crippen LogP contribution in [-0.4, -0.2) is 36.1 Å². The van der Waals surface area contributed by atoms with Gasteiger partial charge in [-0.1, -0.05) is 33.6 Å². The van der Waals surface area contributed by atoms with Crippen LogP contribution < -0.4 is 5.32 Å². The highest BCUT2D eigenvalue weighted by Crippen LogP contribution is 2.64. The predicted molar refractivity (Wildman–Crippen MR) is 88.4 cm³/mol. The van der Waals surface area contributed by atoms with Gasteiger partial charge in [-0.2, -0.15) is 0 Å². The van der Waals surface area contributed by atoms with E-state index in [1.807, 2.05) is 0 Å². The van der Waals surface area contributed by atoms with E-state index in [1.165, 1.54) is 71.0 Å². The van der Waals surface area contributed by atoms with Gasteiger partial charge in [-0.05, 0) is 68.4 Å². The molecule has 0 aromatic heterocycles. The first-order chi connectivity index (χ1) is 9.95. The normalized spacial score (nSPS) is 45.3. The van der Waals surface area contributed by atoms with E-state index < -0.39 is 0 Å². The first-order valence-corrected chi connectivity index (χ1v) is 9.44. The lowest BCUT2D eigenvalue weighted by Gasteiger charge is -2.50. The Morgan fingerprint density at radius 1 is 1.00 bits per heavy atom. The van der Waals surface area contributed by atoms with Crippen LogP contribution in [-0.2, 0) is 0 Å². The van der Waals surface area contributed by atoms with Gasteiger partial charge < -0.3 is 5.32 Å². The molecule has 4 rings (SSSR count). The first-order valence-electron chi connectivity index (χ1n) is 9.44. The van der Waals surface area contributed by atoms with E-state index in [-0.39, 0.29) is 0 Å². The van der Waals surface area contributed by atoms with Gasteiger partial charge in [0.25, 0.3) is 0 Å². The SMILES string of the molecule is CC12CCC(C1)C(C)(C)C2N1CCCNC2(CCCC2)C1. The molecular weight excluding hydrogens is 256 g/mol. The minimum absolute atomic E-state index is 0.463. The van der Waals surface area contributed by atoms with Crippen molar-refractivity contribution in [1.29, 1.82) is 0 Å². The molecule has 1 aliphatic heterocycles. The van der Waals surface area contributed by atoms with Crippen LogP contribution in [0.5, 0.6) is 0 Å². The van der Waals surface area contributed by atoms with Gasteiger partial charge in [0, 0.05) is 18.1 Å². The molecule has 3 unspecified atom stereocenters. The summed E-state index contributed by atoms with van der Waals surface area (Å²) in [5.41, 5.74) is 1.58. The topological polar surface area (TPSA) is 15.3 Å². The standard InChI is InChI=1S/C19H34N2/c1-17(2)15-7-10-18(3,13-15)16(17)21-12-6-11-20-19(14-21)8-4-5-9-19/h15-16,20H,4-14H2,1-3H3. The molecule has 0 amide bonds. The van der Waals surface area contributed by atoms with Crippen LogP contribution >= 0.6 is 0 Å². The Morgan fingerprint density at radius 3 is 2.43 bits per heavy atom. The van der Waals surface area contributed by atoms with E-state index in [4.69, 9.17) is 0 Å². The zero-order chi connectivity index (χ0) is 14.7. The van der Waals surface area contributed by atoms with Crippen LogP contribution in [0.1, 0.15) is 72.1 Å². The molecule has 2 bridgehead atoms. The molecule has 2 heteroatoms. The summed E-state index contributed by atoms with van der Waals surface area (Å²) >= 11 is 0. The molecule has 3 atom stereocenters. The average Bonchev–Trinajstić information content (AvgIpc) is 3.01. The Balaban J connectivity index is 1.62. The highest BCUT2D eigenvalue weighted by Gasteiger charge is 2.61.